The number of alkyl halides is 1. The van der Waals surface area contributed by atoms with Gasteiger partial charge in [0.1, 0.15) is 0 Å². The van der Waals surface area contributed by atoms with E-state index in [0.717, 1.165) is 18.8 Å². The third-order valence-corrected chi connectivity index (χ3v) is 2.36. The van der Waals surface area contributed by atoms with Crippen molar-refractivity contribution in [3.63, 3.8) is 0 Å². The number of unbranched alkanes of at least 4 members (excludes halogenated alkanes) is 3. The van der Waals surface area contributed by atoms with Crippen molar-refractivity contribution in [1.29, 1.82) is 0 Å². The SMILES string of the molecule is CCCC(C)CCCCCCF. The smallest absolute Gasteiger partial charge is 0.0894 e. The number of hydrogen-bond acceptors (Lipinski definition) is 0. The van der Waals surface area contributed by atoms with Crippen LogP contribution in [0.1, 0.15) is 58.8 Å². The first kappa shape index (κ1) is 11.9. The van der Waals surface area contributed by atoms with E-state index in [2.05, 4.69) is 13.8 Å². The molecule has 0 bridgehead atoms. The molecule has 0 aliphatic carbocycles. The Bertz CT molecular complexity index is 81.1. The minimum Gasteiger partial charge on any atom is -0.251 e. The van der Waals surface area contributed by atoms with Crippen molar-refractivity contribution < 1.29 is 4.39 Å². The van der Waals surface area contributed by atoms with Crippen LogP contribution in [-0.2, 0) is 0 Å². The van der Waals surface area contributed by atoms with Gasteiger partial charge >= 0.3 is 0 Å². The average Bonchev–Trinajstić information content (AvgIpc) is 2.05. The van der Waals surface area contributed by atoms with E-state index in [1.165, 1.54) is 32.1 Å². The molecule has 1 atom stereocenters. The van der Waals surface area contributed by atoms with Crippen molar-refractivity contribution in [2.45, 2.75) is 58.8 Å². The Labute approximate surface area is 76.6 Å². The third kappa shape index (κ3) is 8.03. The highest BCUT2D eigenvalue weighted by Crippen LogP contribution is 2.14. The van der Waals surface area contributed by atoms with E-state index >= 15 is 0 Å². The predicted octanol–water partition coefficient (Wildman–Crippen LogP) is 4.34. The maximum atomic E-state index is 11.7. The van der Waals surface area contributed by atoms with Gasteiger partial charge in [-0.1, -0.05) is 52.4 Å². The lowest BCUT2D eigenvalue weighted by Crippen LogP contribution is -1.93. The second-order valence-corrected chi connectivity index (χ2v) is 3.79. The summed E-state index contributed by atoms with van der Waals surface area (Å²) in [4.78, 5) is 0. The Hall–Kier alpha value is -0.0700. The van der Waals surface area contributed by atoms with Crippen molar-refractivity contribution >= 4 is 0 Å². The molecule has 0 radical (unpaired) electrons. The van der Waals surface area contributed by atoms with Crippen LogP contribution in [0, 0.1) is 5.92 Å². The summed E-state index contributed by atoms with van der Waals surface area (Å²) in [6.07, 6.45) is 8.34. The van der Waals surface area contributed by atoms with Crippen LogP contribution >= 0.6 is 0 Å². The zero-order chi connectivity index (χ0) is 9.23. The quantitative estimate of drug-likeness (QED) is 0.480. The molecule has 0 aromatic rings. The first-order valence-corrected chi connectivity index (χ1v) is 5.37. The molecule has 12 heavy (non-hydrogen) atoms. The topological polar surface area (TPSA) is 0 Å². The van der Waals surface area contributed by atoms with Gasteiger partial charge in [0.05, 0.1) is 6.67 Å². The van der Waals surface area contributed by atoms with Gasteiger partial charge in [0.15, 0.2) is 0 Å². The second-order valence-electron chi connectivity index (χ2n) is 3.79. The maximum Gasteiger partial charge on any atom is 0.0894 e. The molecule has 0 aliphatic heterocycles. The Morgan fingerprint density at radius 1 is 1.00 bits per heavy atom. The minimum absolute atomic E-state index is 0.134. The van der Waals surface area contributed by atoms with Gasteiger partial charge in [0.2, 0.25) is 0 Å². The molecule has 1 unspecified atom stereocenters. The third-order valence-electron chi connectivity index (χ3n) is 2.36. The van der Waals surface area contributed by atoms with Gasteiger partial charge < -0.3 is 0 Å². The number of rotatable bonds is 8. The fourth-order valence-electron chi connectivity index (χ4n) is 1.58. The fourth-order valence-corrected chi connectivity index (χ4v) is 1.58. The molecule has 1 heteroatoms. The largest absolute Gasteiger partial charge is 0.251 e. The standard InChI is InChI=1S/C11H23F/c1-3-8-11(2)9-6-4-5-7-10-12/h11H,3-10H2,1-2H3. The summed E-state index contributed by atoms with van der Waals surface area (Å²) in [6.45, 7) is 4.42. The van der Waals surface area contributed by atoms with Crippen LogP contribution in [0.4, 0.5) is 4.39 Å². The Balaban J connectivity index is 2.97. The van der Waals surface area contributed by atoms with Crippen molar-refractivity contribution in [1.82, 2.24) is 0 Å². The molecule has 0 saturated heterocycles. The van der Waals surface area contributed by atoms with E-state index < -0.39 is 0 Å². The molecule has 0 rings (SSSR count). The van der Waals surface area contributed by atoms with Crippen LogP contribution in [0.15, 0.2) is 0 Å². The molecule has 0 aromatic carbocycles. The van der Waals surface area contributed by atoms with Crippen LogP contribution in [0.3, 0.4) is 0 Å². The summed E-state index contributed by atoms with van der Waals surface area (Å²) < 4.78 is 11.7. The van der Waals surface area contributed by atoms with Gasteiger partial charge in [-0.2, -0.15) is 0 Å². The van der Waals surface area contributed by atoms with Crippen LogP contribution in [0.25, 0.3) is 0 Å². The summed E-state index contributed by atoms with van der Waals surface area (Å²) in [5.74, 6) is 0.875. The van der Waals surface area contributed by atoms with Crippen molar-refractivity contribution in [3.05, 3.63) is 0 Å². The lowest BCUT2D eigenvalue weighted by atomic mass is 9.98. The van der Waals surface area contributed by atoms with Gasteiger partial charge in [0, 0.05) is 0 Å². The second kappa shape index (κ2) is 9.02. The number of halogens is 1. The molecule has 74 valence electrons. The van der Waals surface area contributed by atoms with Crippen molar-refractivity contribution in [2.24, 2.45) is 5.92 Å². The molecule has 0 N–H and O–H groups in total. The molecule has 0 aromatic heterocycles. The molecular weight excluding hydrogens is 151 g/mol. The van der Waals surface area contributed by atoms with E-state index in [4.69, 9.17) is 0 Å². The van der Waals surface area contributed by atoms with E-state index in [1.807, 2.05) is 0 Å². The highest BCUT2D eigenvalue weighted by Gasteiger charge is 1.99. The monoisotopic (exact) mass is 174 g/mol. The summed E-state index contributed by atoms with van der Waals surface area (Å²) >= 11 is 0. The predicted molar refractivity (Wildman–Crippen MR) is 53.1 cm³/mol. The summed E-state index contributed by atoms with van der Waals surface area (Å²) in [7, 11) is 0. The summed E-state index contributed by atoms with van der Waals surface area (Å²) in [5, 5.41) is 0. The molecule has 0 amide bonds. The zero-order valence-electron chi connectivity index (χ0n) is 8.61. The van der Waals surface area contributed by atoms with Gasteiger partial charge in [-0.15, -0.1) is 0 Å². The highest BCUT2D eigenvalue weighted by molar-refractivity contribution is 4.52. The van der Waals surface area contributed by atoms with E-state index in [-0.39, 0.29) is 6.67 Å². The molecule has 0 saturated carbocycles. The minimum atomic E-state index is -0.134. The number of hydrogen-bond donors (Lipinski definition) is 0. The Kier molecular flexibility index (Phi) is 8.97. The fraction of sp³-hybridized carbons (Fsp3) is 1.00. The Morgan fingerprint density at radius 3 is 2.25 bits per heavy atom. The van der Waals surface area contributed by atoms with Gasteiger partial charge in [0.25, 0.3) is 0 Å². The zero-order valence-corrected chi connectivity index (χ0v) is 8.61. The average molecular weight is 174 g/mol. The van der Waals surface area contributed by atoms with Gasteiger partial charge in [-0.25, -0.2) is 0 Å². The molecular formula is C11H23F. The lowest BCUT2D eigenvalue weighted by molar-refractivity contribution is 0.427. The Morgan fingerprint density at radius 2 is 1.67 bits per heavy atom. The van der Waals surface area contributed by atoms with E-state index in [0.29, 0.717) is 0 Å². The van der Waals surface area contributed by atoms with E-state index in [1.54, 1.807) is 0 Å². The van der Waals surface area contributed by atoms with Crippen LogP contribution in [0.2, 0.25) is 0 Å². The van der Waals surface area contributed by atoms with Crippen LogP contribution < -0.4 is 0 Å². The molecule has 0 aliphatic rings. The van der Waals surface area contributed by atoms with E-state index in [9.17, 15) is 4.39 Å². The molecule has 0 fully saturated rings. The van der Waals surface area contributed by atoms with Crippen LogP contribution in [-0.4, -0.2) is 6.67 Å². The summed E-state index contributed by atoms with van der Waals surface area (Å²) in [5.41, 5.74) is 0. The summed E-state index contributed by atoms with van der Waals surface area (Å²) in [6, 6.07) is 0. The van der Waals surface area contributed by atoms with Gasteiger partial charge in [-0.3, -0.25) is 4.39 Å². The molecule has 0 spiro atoms. The lowest BCUT2D eigenvalue weighted by Gasteiger charge is -2.08. The molecule has 0 nitrogen and oxygen atoms in total. The highest BCUT2D eigenvalue weighted by atomic mass is 19.1. The van der Waals surface area contributed by atoms with Gasteiger partial charge in [-0.05, 0) is 12.3 Å². The normalized spacial score (nSPS) is 13.2. The first-order valence-electron chi connectivity index (χ1n) is 5.37. The van der Waals surface area contributed by atoms with Crippen LogP contribution in [0.5, 0.6) is 0 Å². The van der Waals surface area contributed by atoms with Crippen molar-refractivity contribution in [2.75, 3.05) is 6.67 Å². The van der Waals surface area contributed by atoms with Crippen molar-refractivity contribution in [3.8, 4) is 0 Å². The first-order chi connectivity index (χ1) is 5.81. The maximum absolute atomic E-state index is 11.7. The molecule has 0 heterocycles.